The normalized spacial score (nSPS) is 11.5. The highest BCUT2D eigenvalue weighted by molar-refractivity contribution is 7.89. The van der Waals surface area contributed by atoms with E-state index in [9.17, 15) is 13.2 Å². The van der Waals surface area contributed by atoms with Crippen LogP contribution in [0, 0.1) is 0 Å². The van der Waals surface area contributed by atoms with E-state index in [1.807, 2.05) is 0 Å². The van der Waals surface area contributed by atoms with Crippen molar-refractivity contribution in [2.24, 2.45) is 0 Å². The molecule has 9 heteroatoms. The Hall–Kier alpha value is -1.80. The summed E-state index contributed by atoms with van der Waals surface area (Å²) in [4.78, 5) is 12.5. The van der Waals surface area contributed by atoms with Crippen LogP contribution in [-0.4, -0.2) is 27.0 Å². The Bertz CT molecular complexity index is 946. The lowest BCUT2D eigenvalue weighted by atomic mass is 10.2. The summed E-state index contributed by atoms with van der Waals surface area (Å²) < 4.78 is 33.1. The summed E-state index contributed by atoms with van der Waals surface area (Å²) in [6, 6.07) is 8.55. The van der Waals surface area contributed by atoms with Crippen molar-refractivity contribution in [1.29, 1.82) is 0 Å². The average Bonchev–Trinajstić information content (AvgIpc) is 2.56. The quantitative estimate of drug-likeness (QED) is 0.684. The number of carbonyl (C=O) groups excluding carboxylic acids is 1. The van der Waals surface area contributed by atoms with Gasteiger partial charge in [-0.05, 0) is 57.2 Å². The molecule has 0 fully saturated rings. The number of halogens is 2. The molecule has 0 unspecified atom stereocenters. The molecule has 2 aromatic rings. The molecule has 27 heavy (non-hydrogen) atoms. The fourth-order valence-corrected chi connectivity index (χ4v) is 4.17. The number of hydrogen-bond donors (Lipinski definition) is 2. The molecular weight excluding hydrogens is 411 g/mol. The van der Waals surface area contributed by atoms with Gasteiger partial charge in [0.05, 0.1) is 17.3 Å². The first-order valence-electron chi connectivity index (χ1n) is 8.19. The molecule has 0 atom stereocenters. The van der Waals surface area contributed by atoms with Gasteiger partial charge in [0.25, 0.3) is 5.91 Å². The molecule has 0 heterocycles. The Morgan fingerprint density at radius 2 is 1.85 bits per heavy atom. The largest absolute Gasteiger partial charge is 0.492 e. The summed E-state index contributed by atoms with van der Waals surface area (Å²) in [5.74, 6) is -0.338. The molecule has 2 aromatic carbocycles. The Morgan fingerprint density at radius 3 is 2.44 bits per heavy atom. The van der Waals surface area contributed by atoms with Gasteiger partial charge in [-0.1, -0.05) is 23.2 Å². The second kappa shape index (κ2) is 8.93. The number of amides is 1. The minimum atomic E-state index is -3.85. The van der Waals surface area contributed by atoms with Crippen molar-refractivity contribution in [3.8, 4) is 5.75 Å². The average molecular weight is 431 g/mol. The van der Waals surface area contributed by atoms with Gasteiger partial charge in [-0.3, -0.25) is 4.79 Å². The van der Waals surface area contributed by atoms with Gasteiger partial charge in [0.15, 0.2) is 0 Å². The van der Waals surface area contributed by atoms with E-state index in [2.05, 4.69) is 10.0 Å². The van der Waals surface area contributed by atoms with Crippen molar-refractivity contribution in [2.45, 2.75) is 31.7 Å². The molecule has 2 rings (SSSR count). The lowest BCUT2D eigenvalue weighted by Gasteiger charge is -2.15. The lowest BCUT2D eigenvalue weighted by molar-refractivity contribution is 0.102. The van der Waals surface area contributed by atoms with Gasteiger partial charge >= 0.3 is 0 Å². The highest BCUT2D eigenvalue weighted by Crippen LogP contribution is 2.28. The maximum absolute atomic E-state index is 12.6. The number of hydrogen-bond acceptors (Lipinski definition) is 4. The number of sulfonamides is 1. The molecule has 0 aliphatic rings. The first-order chi connectivity index (χ1) is 12.6. The van der Waals surface area contributed by atoms with E-state index in [1.54, 1.807) is 32.9 Å². The Morgan fingerprint density at radius 1 is 1.15 bits per heavy atom. The van der Waals surface area contributed by atoms with Crippen molar-refractivity contribution in [1.82, 2.24) is 4.72 Å². The number of benzene rings is 2. The number of anilines is 1. The van der Waals surface area contributed by atoms with Gasteiger partial charge in [0, 0.05) is 16.6 Å². The van der Waals surface area contributed by atoms with Crippen LogP contribution in [-0.2, 0) is 10.0 Å². The van der Waals surface area contributed by atoms with Crippen LogP contribution in [0.4, 0.5) is 5.69 Å². The van der Waals surface area contributed by atoms with Crippen LogP contribution in [0.5, 0.6) is 5.75 Å². The van der Waals surface area contributed by atoms with Crippen molar-refractivity contribution in [2.75, 3.05) is 11.9 Å². The van der Waals surface area contributed by atoms with Gasteiger partial charge in [-0.2, -0.15) is 0 Å². The van der Waals surface area contributed by atoms with Crippen LogP contribution in [0.3, 0.4) is 0 Å². The SMILES string of the molecule is CCOc1ccc(C(=O)Nc2ccc(Cl)cc2Cl)cc1S(=O)(=O)NC(C)C. The number of rotatable bonds is 7. The summed E-state index contributed by atoms with van der Waals surface area (Å²) >= 11 is 11.9. The second-order valence-electron chi connectivity index (χ2n) is 5.95. The summed E-state index contributed by atoms with van der Waals surface area (Å²) in [7, 11) is -3.85. The van der Waals surface area contributed by atoms with Crippen LogP contribution in [0.15, 0.2) is 41.3 Å². The fourth-order valence-electron chi connectivity index (χ4n) is 2.29. The van der Waals surface area contributed by atoms with Gasteiger partial charge < -0.3 is 10.1 Å². The molecule has 0 radical (unpaired) electrons. The van der Waals surface area contributed by atoms with E-state index in [-0.39, 0.29) is 33.9 Å². The Kier molecular flexibility index (Phi) is 7.11. The van der Waals surface area contributed by atoms with Crippen molar-refractivity contribution >= 4 is 44.8 Å². The summed E-state index contributed by atoms with van der Waals surface area (Å²) in [6.07, 6.45) is 0. The number of carbonyl (C=O) groups is 1. The zero-order chi connectivity index (χ0) is 20.2. The predicted molar refractivity (Wildman–Crippen MR) is 107 cm³/mol. The first kappa shape index (κ1) is 21.5. The molecule has 0 saturated heterocycles. The lowest BCUT2D eigenvalue weighted by Crippen LogP contribution is -2.30. The molecule has 0 aliphatic carbocycles. The molecule has 0 spiro atoms. The smallest absolute Gasteiger partial charge is 0.255 e. The van der Waals surface area contributed by atoms with Gasteiger partial charge in [-0.25, -0.2) is 13.1 Å². The molecule has 2 N–H and O–H groups in total. The molecular formula is C18H20Cl2N2O4S. The van der Waals surface area contributed by atoms with E-state index < -0.39 is 15.9 Å². The van der Waals surface area contributed by atoms with Crippen LogP contribution < -0.4 is 14.8 Å². The van der Waals surface area contributed by atoms with E-state index in [1.165, 1.54) is 24.3 Å². The van der Waals surface area contributed by atoms with Crippen molar-refractivity contribution in [3.05, 3.63) is 52.0 Å². The minimum Gasteiger partial charge on any atom is -0.492 e. The third-order valence-electron chi connectivity index (χ3n) is 3.37. The second-order valence-corrected chi connectivity index (χ2v) is 8.47. The molecule has 6 nitrogen and oxygen atoms in total. The third kappa shape index (κ3) is 5.59. The highest BCUT2D eigenvalue weighted by Gasteiger charge is 2.23. The fraction of sp³-hybridized carbons (Fsp3) is 0.278. The van der Waals surface area contributed by atoms with Crippen LogP contribution in [0.1, 0.15) is 31.1 Å². The Labute approximate surface area is 168 Å². The summed E-state index contributed by atoms with van der Waals surface area (Å²) in [6.45, 7) is 5.44. The van der Waals surface area contributed by atoms with E-state index in [0.717, 1.165) is 0 Å². The summed E-state index contributed by atoms with van der Waals surface area (Å²) in [5, 5.41) is 3.35. The van der Waals surface area contributed by atoms with Crippen LogP contribution >= 0.6 is 23.2 Å². The van der Waals surface area contributed by atoms with Gasteiger partial charge in [0.1, 0.15) is 10.6 Å². The van der Waals surface area contributed by atoms with Crippen LogP contribution in [0.2, 0.25) is 10.0 Å². The topological polar surface area (TPSA) is 84.5 Å². The minimum absolute atomic E-state index is 0.104. The van der Waals surface area contributed by atoms with Gasteiger partial charge in [-0.15, -0.1) is 0 Å². The Balaban J connectivity index is 2.40. The maximum Gasteiger partial charge on any atom is 0.255 e. The van der Waals surface area contributed by atoms with Crippen molar-refractivity contribution in [3.63, 3.8) is 0 Å². The highest BCUT2D eigenvalue weighted by atomic mass is 35.5. The van der Waals surface area contributed by atoms with Gasteiger partial charge in [0.2, 0.25) is 10.0 Å². The molecule has 0 aromatic heterocycles. The van der Waals surface area contributed by atoms with Crippen molar-refractivity contribution < 1.29 is 17.9 Å². The first-order valence-corrected chi connectivity index (χ1v) is 10.4. The summed E-state index contributed by atoms with van der Waals surface area (Å²) in [5.41, 5.74) is 0.512. The molecule has 1 amide bonds. The predicted octanol–water partition coefficient (Wildman–Crippen LogP) is 4.33. The molecule has 0 saturated carbocycles. The molecule has 0 bridgehead atoms. The van der Waals surface area contributed by atoms with E-state index in [0.29, 0.717) is 10.7 Å². The van der Waals surface area contributed by atoms with Crippen LogP contribution in [0.25, 0.3) is 0 Å². The maximum atomic E-state index is 12.6. The third-order valence-corrected chi connectivity index (χ3v) is 5.59. The monoisotopic (exact) mass is 430 g/mol. The van der Waals surface area contributed by atoms with E-state index >= 15 is 0 Å². The standard InChI is InChI=1S/C18H20Cl2N2O4S/c1-4-26-16-8-5-12(9-17(16)27(24,25)22-11(2)3)18(23)21-15-7-6-13(19)10-14(15)20/h5-11,22H,4H2,1-3H3,(H,21,23). The zero-order valence-electron chi connectivity index (χ0n) is 15.0. The number of ether oxygens (including phenoxy) is 1. The molecule has 0 aliphatic heterocycles. The molecule has 146 valence electrons. The number of nitrogens with one attached hydrogen (secondary N) is 2. The van der Waals surface area contributed by atoms with E-state index in [4.69, 9.17) is 27.9 Å². The zero-order valence-corrected chi connectivity index (χ0v) is 17.4.